The van der Waals surface area contributed by atoms with Crippen LogP contribution in [0.25, 0.3) is 0 Å². The van der Waals surface area contributed by atoms with E-state index in [4.69, 9.17) is 22.3 Å². The van der Waals surface area contributed by atoms with Gasteiger partial charge in [0, 0.05) is 6.07 Å². The summed E-state index contributed by atoms with van der Waals surface area (Å²) in [6, 6.07) is 3.36. The molecule has 0 saturated heterocycles. The smallest absolute Gasteiger partial charge is 0.270 e. The van der Waals surface area contributed by atoms with Gasteiger partial charge in [-0.3, -0.25) is 4.79 Å². The van der Waals surface area contributed by atoms with Crippen LogP contribution < -0.4 is 0 Å². The summed E-state index contributed by atoms with van der Waals surface area (Å²) < 4.78 is 0. The molecule has 1 aromatic rings. The Balaban J connectivity index is 3.08. The molecule has 0 aromatic carbocycles. The molecule has 0 saturated carbocycles. The highest BCUT2D eigenvalue weighted by molar-refractivity contribution is 7.62. The largest absolute Gasteiger partial charge is 0.306 e. The topological polar surface area (TPSA) is 17.1 Å². The first-order chi connectivity index (χ1) is 4.22. The van der Waals surface area contributed by atoms with Crippen molar-refractivity contribution in [3.63, 3.8) is 0 Å². The first-order valence-corrected chi connectivity index (χ1v) is 4.68. The third-order valence-electron chi connectivity index (χ3n) is 0.849. The van der Waals surface area contributed by atoms with Gasteiger partial charge in [0.05, 0.1) is 0 Å². The maximum atomic E-state index is 10.4. The molecule has 0 bridgehead atoms. The molecule has 1 rings (SSSR count). The Hall–Kier alpha value is -0.0500. The highest BCUT2D eigenvalue weighted by Crippen LogP contribution is 2.29. The highest BCUT2D eigenvalue weighted by Gasteiger charge is 2.16. The average Bonchev–Trinajstić information content (AvgIpc) is 2.13. The standard InChI is InChI=1S/C5H3Cl2OS/c6-5(8)4-2-1-3-9(4)7/h1-3H/q+1. The van der Waals surface area contributed by atoms with Crippen molar-refractivity contribution >= 4 is 37.2 Å². The van der Waals surface area contributed by atoms with Gasteiger partial charge in [-0.2, -0.15) is 0 Å². The summed E-state index contributed by atoms with van der Waals surface area (Å²) in [6.45, 7) is 0. The van der Waals surface area contributed by atoms with E-state index in [1.54, 1.807) is 17.5 Å². The summed E-state index contributed by atoms with van der Waals surface area (Å²) in [6.07, 6.45) is 0. The van der Waals surface area contributed by atoms with Crippen LogP contribution in [0, 0.1) is 0 Å². The number of thiophene rings is 1. The van der Waals surface area contributed by atoms with Gasteiger partial charge in [0.1, 0.15) is 9.68 Å². The van der Waals surface area contributed by atoms with Crippen molar-refractivity contribution in [1.29, 1.82) is 0 Å². The quantitative estimate of drug-likeness (QED) is 0.482. The molecule has 0 aliphatic carbocycles. The Morgan fingerprint density at radius 3 is 2.56 bits per heavy atom. The fourth-order valence-corrected chi connectivity index (χ4v) is 2.17. The predicted octanol–water partition coefficient (Wildman–Crippen LogP) is 2.82. The van der Waals surface area contributed by atoms with Gasteiger partial charge in [-0.25, -0.2) is 0 Å². The second-order valence-corrected chi connectivity index (χ2v) is 4.04. The van der Waals surface area contributed by atoms with E-state index in [-0.39, 0.29) is 0 Å². The normalized spacial score (nSPS) is 11.6. The van der Waals surface area contributed by atoms with Gasteiger partial charge in [0.2, 0.25) is 10.7 Å². The molecule has 0 aliphatic rings. The molecule has 9 heavy (non-hydrogen) atoms. The van der Waals surface area contributed by atoms with Crippen molar-refractivity contribution in [3.8, 4) is 0 Å². The number of carbonyl (C=O) groups is 1. The molecule has 1 nitrogen and oxygen atoms in total. The van der Waals surface area contributed by atoms with Crippen molar-refractivity contribution in [2.75, 3.05) is 0 Å². The first kappa shape index (κ1) is 7.06. The molecule has 0 aliphatic heterocycles. The third kappa shape index (κ3) is 1.45. The van der Waals surface area contributed by atoms with Gasteiger partial charge >= 0.3 is 5.24 Å². The van der Waals surface area contributed by atoms with E-state index in [0.717, 1.165) is 0 Å². The van der Waals surface area contributed by atoms with Gasteiger partial charge < -0.3 is 0 Å². The minimum absolute atomic E-state index is 0.460. The third-order valence-corrected chi connectivity index (χ3v) is 3.11. The van der Waals surface area contributed by atoms with Crippen molar-refractivity contribution in [2.24, 2.45) is 0 Å². The van der Waals surface area contributed by atoms with Crippen LogP contribution in [0.3, 0.4) is 0 Å². The summed E-state index contributed by atoms with van der Waals surface area (Å²) in [4.78, 5) is 10.9. The number of rotatable bonds is 1. The van der Waals surface area contributed by atoms with Crippen LogP contribution in [-0.2, 0) is 0 Å². The Bertz CT molecular complexity index is 231. The number of halogens is 2. The van der Waals surface area contributed by atoms with Crippen molar-refractivity contribution < 1.29 is 4.79 Å². The summed E-state index contributed by atoms with van der Waals surface area (Å²) in [5, 5.41) is 1.27. The molecular weight excluding hydrogens is 179 g/mol. The fourth-order valence-electron chi connectivity index (χ4n) is 0.476. The van der Waals surface area contributed by atoms with Gasteiger partial charge in [0.25, 0.3) is 4.88 Å². The Morgan fingerprint density at radius 1 is 1.67 bits per heavy atom. The lowest BCUT2D eigenvalue weighted by molar-refractivity contribution is 0.108. The van der Waals surface area contributed by atoms with E-state index in [1.807, 2.05) is 0 Å². The Labute approximate surface area is 64.7 Å². The van der Waals surface area contributed by atoms with E-state index in [2.05, 4.69) is 0 Å². The van der Waals surface area contributed by atoms with Gasteiger partial charge in [-0.05, 0) is 17.7 Å². The maximum Gasteiger partial charge on any atom is 0.306 e. The van der Waals surface area contributed by atoms with Crippen LogP contribution in [-0.4, -0.2) is 5.24 Å². The van der Waals surface area contributed by atoms with Gasteiger partial charge in [-0.1, -0.05) is 0 Å². The number of hydrogen-bond acceptors (Lipinski definition) is 1. The van der Waals surface area contributed by atoms with Crippen LogP contribution in [0.2, 0.25) is 0 Å². The van der Waals surface area contributed by atoms with E-state index in [1.165, 1.54) is 0 Å². The van der Waals surface area contributed by atoms with Crippen LogP contribution >= 0.6 is 32.0 Å². The fraction of sp³-hybridized carbons (Fsp3) is 0. The first-order valence-electron chi connectivity index (χ1n) is 2.19. The molecule has 1 atom stereocenters. The minimum atomic E-state index is -0.569. The van der Waals surface area contributed by atoms with Crippen molar-refractivity contribution in [1.82, 2.24) is 0 Å². The highest BCUT2D eigenvalue weighted by atomic mass is 35.7. The van der Waals surface area contributed by atoms with Crippen LogP contribution in [0.5, 0.6) is 0 Å². The number of carbonyl (C=O) groups excluding carboxylic acids is 1. The van der Waals surface area contributed by atoms with Gasteiger partial charge in [-0.15, -0.1) is 0 Å². The summed E-state index contributed by atoms with van der Waals surface area (Å²) in [7, 11) is 5.07. The monoisotopic (exact) mass is 181 g/mol. The zero-order valence-electron chi connectivity index (χ0n) is 4.30. The molecular formula is C5H3Cl2OS+. The molecule has 0 fully saturated rings. The maximum absolute atomic E-state index is 10.4. The lowest BCUT2D eigenvalue weighted by Gasteiger charge is -1.73. The zero-order chi connectivity index (χ0) is 6.85. The molecule has 4 heteroatoms. The molecule has 0 radical (unpaired) electrons. The predicted molar refractivity (Wildman–Crippen MR) is 40.4 cm³/mol. The van der Waals surface area contributed by atoms with Crippen LogP contribution in [0.1, 0.15) is 9.67 Å². The van der Waals surface area contributed by atoms with Crippen molar-refractivity contribution in [2.45, 2.75) is 0 Å². The number of hydrogen-bond donors (Lipinski definition) is 0. The molecule has 1 aromatic heterocycles. The molecule has 48 valence electrons. The van der Waals surface area contributed by atoms with Crippen LogP contribution in [0.4, 0.5) is 0 Å². The van der Waals surface area contributed by atoms with E-state index >= 15 is 0 Å². The Morgan fingerprint density at radius 2 is 2.33 bits per heavy atom. The summed E-state index contributed by atoms with van der Waals surface area (Å²) in [5.74, 6) is 0. The lowest BCUT2D eigenvalue weighted by atomic mass is 10.5. The summed E-state index contributed by atoms with van der Waals surface area (Å²) in [5.41, 5.74) is 0. The second-order valence-electron chi connectivity index (χ2n) is 1.42. The van der Waals surface area contributed by atoms with Gasteiger partial charge in [0.15, 0.2) is 5.38 Å². The SMILES string of the molecule is O=C(Cl)c1ccc[s+]1Cl. The molecule has 1 unspecified atom stereocenters. The molecule has 0 N–H and O–H groups in total. The van der Waals surface area contributed by atoms with E-state index < -0.39 is 14.9 Å². The second kappa shape index (κ2) is 2.69. The molecule has 1 heterocycles. The Kier molecular flexibility index (Phi) is 2.11. The molecule has 0 amide bonds. The van der Waals surface area contributed by atoms with Crippen LogP contribution in [0.15, 0.2) is 17.5 Å². The van der Waals surface area contributed by atoms with E-state index in [9.17, 15) is 4.79 Å². The van der Waals surface area contributed by atoms with E-state index in [0.29, 0.717) is 4.88 Å². The molecule has 0 spiro atoms. The average molecular weight is 182 g/mol. The zero-order valence-corrected chi connectivity index (χ0v) is 6.63. The van der Waals surface area contributed by atoms with Crippen molar-refractivity contribution in [3.05, 3.63) is 22.4 Å². The summed E-state index contributed by atoms with van der Waals surface area (Å²) >= 11 is 5.15. The minimum Gasteiger partial charge on any atom is -0.270 e. The lowest BCUT2D eigenvalue weighted by Crippen LogP contribution is -1.80.